The van der Waals surface area contributed by atoms with E-state index in [0.29, 0.717) is 26.0 Å². The van der Waals surface area contributed by atoms with Crippen molar-refractivity contribution in [2.45, 2.75) is 39.2 Å². The molecule has 0 rings (SSSR count). The number of aliphatic carboxylic acids is 1. The van der Waals surface area contributed by atoms with Crippen molar-refractivity contribution in [2.75, 3.05) is 20.3 Å². The fraction of sp³-hybridized carbons (Fsp3) is 0.818. The molecule has 0 spiro atoms. The molecule has 0 unspecified atom stereocenters. The van der Waals surface area contributed by atoms with Gasteiger partial charge in [0, 0.05) is 26.7 Å². The summed E-state index contributed by atoms with van der Waals surface area (Å²) in [4.78, 5) is 24.2. The number of nitrogens with zero attached hydrogens (tertiary/aromatic N) is 1. The lowest BCUT2D eigenvalue weighted by molar-refractivity contribution is -0.156. The SMILES string of the molecule is CCN(C(=O)CCCOC)C(C)(C)C(=O)O. The fourth-order valence-corrected chi connectivity index (χ4v) is 1.50. The van der Waals surface area contributed by atoms with Gasteiger partial charge in [0.05, 0.1) is 0 Å². The van der Waals surface area contributed by atoms with E-state index >= 15 is 0 Å². The normalized spacial score (nSPS) is 11.2. The lowest BCUT2D eigenvalue weighted by Crippen LogP contribution is -2.52. The monoisotopic (exact) mass is 231 g/mol. The van der Waals surface area contributed by atoms with Crippen molar-refractivity contribution in [1.29, 1.82) is 0 Å². The van der Waals surface area contributed by atoms with Crippen LogP contribution in [0.2, 0.25) is 0 Å². The minimum Gasteiger partial charge on any atom is -0.480 e. The van der Waals surface area contributed by atoms with E-state index in [9.17, 15) is 9.59 Å². The van der Waals surface area contributed by atoms with Gasteiger partial charge in [0.2, 0.25) is 5.91 Å². The highest BCUT2D eigenvalue weighted by Gasteiger charge is 2.36. The molecule has 1 N–H and O–H groups in total. The second kappa shape index (κ2) is 6.48. The van der Waals surface area contributed by atoms with Crippen LogP contribution in [-0.4, -0.2) is 47.7 Å². The second-order valence-electron chi connectivity index (χ2n) is 4.10. The van der Waals surface area contributed by atoms with Gasteiger partial charge >= 0.3 is 5.97 Å². The van der Waals surface area contributed by atoms with E-state index in [4.69, 9.17) is 9.84 Å². The predicted octanol–water partition coefficient (Wildman–Crippen LogP) is 1.12. The number of amides is 1. The number of ether oxygens (including phenoxy) is 1. The van der Waals surface area contributed by atoms with Crippen LogP contribution in [0.1, 0.15) is 33.6 Å². The molecule has 0 heterocycles. The lowest BCUT2D eigenvalue weighted by Gasteiger charge is -2.34. The number of carboxylic acids is 1. The number of carbonyl (C=O) groups excluding carboxylic acids is 1. The molecule has 0 aromatic rings. The van der Waals surface area contributed by atoms with E-state index < -0.39 is 11.5 Å². The average Bonchev–Trinajstić information content (AvgIpc) is 2.18. The van der Waals surface area contributed by atoms with Crippen molar-refractivity contribution in [3.63, 3.8) is 0 Å². The Morgan fingerprint density at radius 1 is 1.38 bits per heavy atom. The van der Waals surface area contributed by atoms with Gasteiger partial charge in [-0.25, -0.2) is 4.79 Å². The quantitative estimate of drug-likeness (QED) is 0.667. The van der Waals surface area contributed by atoms with Crippen LogP contribution in [0, 0.1) is 0 Å². The van der Waals surface area contributed by atoms with Gasteiger partial charge in [-0.1, -0.05) is 0 Å². The van der Waals surface area contributed by atoms with Crippen molar-refractivity contribution in [3.05, 3.63) is 0 Å². The summed E-state index contributed by atoms with van der Waals surface area (Å²) in [5.41, 5.74) is -1.15. The van der Waals surface area contributed by atoms with Gasteiger partial charge in [-0.3, -0.25) is 4.79 Å². The molecule has 0 bridgehead atoms. The summed E-state index contributed by atoms with van der Waals surface area (Å²) in [6.45, 7) is 5.75. The van der Waals surface area contributed by atoms with Crippen molar-refractivity contribution >= 4 is 11.9 Å². The highest BCUT2D eigenvalue weighted by molar-refractivity contribution is 5.86. The van der Waals surface area contributed by atoms with E-state index in [0.717, 1.165) is 0 Å². The molecule has 0 saturated carbocycles. The summed E-state index contributed by atoms with van der Waals surface area (Å²) in [6, 6.07) is 0. The summed E-state index contributed by atoms with van der Waals surface area (Å²) in [5.74, 6) is -1.14. The topological polar surface area (TPSA) is 66.8 Å². The summed E-state index contributed by atoms with van der Waals surface area (Å²) in [6.07, 6.45) is 0.930. The maximum absolute atomic E-state index is 11.8. The zero-order valence-electron chi connectivity index (χ0n) is 10.4. The number of hydrogen-bond donors (Lipinski definition) is 1. The Labute approximate surface area is 96.4 Å². The third kappa shape index (κ3) is 3.81. The molecule has 0 atom stereocenters. The minimum absolute atomic E-state index is 0.146. The zero-order chi connectivity index (χ0) is 12.8. The summed E-state index contributed by atoms with van der Waals surface area (Å²) >= 11 is 0. The molecule has 5 heteroatoms. The Morgan fingerprint density at radius 2 is 1.94 bits per heavy atom. The van der Waals surface area contributed by atoms with Crippen LogP contribution < -0.4 is 0 Å². The molecule has 94 valence electrons. The molecule has 5 nitrogen and oxygen atoms in total. The molecule has 0 aromatic heterocycles. The molecule has 0 aliphatic carbocycles. The fourth-order valence-electron chi connectivity index (χ4n) is 1.50. The maximum Gasteiger partial charge on any atom is 0.329 e. The van der Waals surface area contributed by atoms with Crippen LogP contribution >= 0.6 is 0 Å². The third-order valence-corrected chi connectivity index (χ3v) is 2.55. The van der Waals surface area contributed by atoms with Gasteiger partial charge in [-0.15, -0.1) is 0 Å². The smallest absolute Gasteiger partial charge is 0.329 e. The van der Waals surface area contributed by atoms with Gasteiger partial charge in [0.1, 0.15) is 5.54 Å². The number of carboxylic acid groups (broad SMARTS) is 1. The molecule has 0 saturated heterocycles. The molecule has 0 aliphatic rings. The number of likely N-dealkylation sites (N-methyl/N-ethyl adjacent to an activating group) is 1. The average molecular weight is 231 g/mol. The third-order valence-electron chi connectivity index (χ3n) is 2.55. The summed E-state index contributed by atoms with van der Waals surface area (Å²) in [5, 5.41) is 9.04. The number of hydrogen-bond acceptors (Lipinski definition) is 3. The molecular weight excluding hydrogens is 210 g/mol. The molecule has 1 amide bonds. The Hall–Kier alpha value is -1.10. The Bertz CT molecular complexity index is 250. The number of carbonyl (C=O) groups is 2. The maximum atomic E-state index is 11.8. The highest BCUT2D eigenvalue weighted by atomic mass is 16.5. The Kier molecular flexibility index (Phi) is 6.03. The van der Waals surface area contributed by atoms with Crippen LogP contribution in [-0.2, 0) is 14.3 Å². The van der Waals surface area contributed by atoms with Crippen LogP contribution in [0.15, 0.2) is 0 Å². The lowest BCUT2D eigenvalue weighted by atomic mass is 10.0. The first kappa shape index (κ1) is 14.9. The van der Waals surface area contributed by atoms with Gasteiger partial charge in [0.25, 0.3) is 0 Å². The molecule has 16 heavy (non-hydrogen) atoms. The van der Waals surface area contributed by atoms with Gasteiger partial charge < -0.3 is 14.7 Å². The molecule has 0 aliphatic heterocycles. The molecule has 0 fully saturated rings. The van der Waals surface area contributed by atoms with Crippen LogP contribution in [0.25, 0.3) is 0 Å². The van der Waals surface area contributed by atoms with Gasteiger partial charge in [-0.2, -0.15) is 0 Å². The predicted molar refractivity (Wildman–Crippen MR) is 60.2 cm³/mol. The van der Waals surface area contributed by atoms with E-state index in [-0.39, 0.29) is 5.91 Å². The first-order valence-electron chi connectivity index (χ1n) is 5.40. The second-order valence-corrected chi connectivity index (χ2v) is 4.10. The first-order valence-corrected chi connectivity index (χ1v) is 5.40. The first-order chi connectivity index (χ1) is 7.37. The van der Waals surface area contributed by atoms with Gasteiger partial charge in [-0.05, 0) is 27.2 Å². The van der Waals surface area contributed by atoms with Crippen molar-refractivity contribution in [3.8, 4) is 0 Å². The van der Waals surface area contributed by atoms with Crippen molar-refractivity contribution in [2.24, 2.45) is 0 Å². The minimum atomic E-state index is -1.15. The standard InChI is InChI=1S/C11H21NO4/c1-5-12(11(2,3)10(14)15)9(13)7-6-8-16-4/h5-8H2,1-4H3,(H,14,15). The highest BCUT2D eigenvalue weighted by Crippen LogP contribution is 2.16. The Morgan fingerprint density at radius 3 is 2.31 bits per heavy atom. The summed E-state index contributed by atoms with van der Waals surface area (Å²) < 4.78 is 4.85. The molecule has 0 aromatic carbocycles. The van der Waals surface area contributed by atoms with E-state index in [2.05, 4.69) is 0 Å². The van der Waals surface area contributed by atoms with E-state index in [1.807, 2.05) is 0 Å². The van der Waals surface area contributed by atoms with Crippen molar-refractivity contribution < 1.29 is 19.4 Å². The largest absolute Gasteiger partial charge is 0.480 e. The van der Waals surface area contributed by atoms with Crippen molar-refractivity contribution in [1.82, 2.24) is 4.90 Å². The van der Waals surface area contributed by atoms with Crippen LogP contribution in [0.4, 0.5) is 0 Å². The van der Waals surface area contributed by atoms with E-state index in [1.54, 1.807) is 14.0 Å². The Balaban J connectivity index is 4.48. The molecule has 0 radical (unpaired) electrons. The number of rotatable bonds is 7. The van der Waals surface area contributed by atoms with Crippen LogP contribution in [0.5, 0.6) is 0 Å². The number of methoxy groups -OCH3 is 1. The molecular formula is C11H21NO4. The zero-order valence-corrected chi connectivity index (χ0v) is 10.4. The van der Waals surface area contributed by atoms with E-state index in [1.165, 1.54) is 18.7 Å². The van der Waals surface area contributed by atoms with Gasteiger partial charge in [0.15, 0.2) is 0 Å². The summed E-state index contributed by atoms with van der Waals surface area (Å²) in [7, 11) is 1.57. The van der Waals surface area contributed by atoms with Crippen LogP contribution in [0.3, 0.4) is 0 Å².